The molecule has 0 spiro atoms. The van der Waals surface area contributed by atoms with Gasteiger partial charge in [-0.15, -0.1) is 0 Å². The van der Waals surface area contributed by atoms with Crippen LogP contribution >= 0.6 is 11.6 Å². The topological polar surface area (TPSA) is 81.1 Å². The second-order valence-electron chi connectivity index (χ2n) is 7.30. The van der Waals surface area contributed by atoms with Crippen LogP contribution in [0.3, 0.4) is 0 Å². The summed E-state index contributed by atoms with van der Waals surface area (Å²) in [6.07, 6.45) is 5.45. The minimum Gasteiger partial charge on any atom is -0.326 e. The first-order valence-electron chi connectivity index (χ1n) is 9.04. The Morgan fingerprint density at radius 1 is 1.29 bits per heavy atom. The predicted octanol–water partition coefficient (Wildman–Crippen LogP) is 3.68. The van der Waals surface area contributed by atoms with Crippen molar-refractivity contribution in [2.24, 2.45) is 5.92 Å². The summed E-state index contributed by atoms with van der Waals surface area (Å²) in [5, 5.41) is 8.46. The van der Waals surface area contributed by atoms with Gasteiger partial charge in [0.25, 0.3) is 0 Å². The first kappa shape index (κ1) is 19.0. The number of nitrogens with one attached hydrogen (secondary N) is 1. The Balaban J connectivity index is 1.64. The zero-order valence-corrected chi connectivity index (χ0v) is 16.9. The zero-order valence-electron chi connectivity index (χ0n) is 15.4. The number of anilines is 1. The van der Waals surface area contributed by atoms with E-state index in [0.717, 1.165) is 12.8 Å². The fraction of sp³-hybridized carbons (Fsp3) is 0.300. The van der Waals surface area contributed by atoms with Crippen LogP contribution < -0.4 is 5.32 Å². The molecule has 0 atom stereocenters. The molecule has 1 aromatic heterocycles. The number of halogens is 1. The average Bonchev–Trinajstić information content (AvgIpc) is 3.32. The Morgan fingerprint density at radius 2 is 2.04 bits per heavy atom. The summed E-state index contributed by atoms with van der Waals surface area (Å²) < 4.78 is 26.4. The lowest BCUT2D eigenvalue weighted by molar-refractivity contribution is -0.115. The van der Waals surface area contributed by atoms with Crippen molar-refractivity contribution in [3.05, 3.63) is 53.2 Å². The van der Waals surface area contributed by atoms with E-state index in [2.05, 4.69) is 10.4 Å². The van der Waals surface area contributed by atoms with Crippen molar-refractivity contribution >= 4 is 43.9 Å². The van der Waals surface area contributed by atoms with Crippen molar-refractivity contribution in [1.82, 2.24) is 9.78 Å². The van der Waals surface area contributed by atoms with Crippen molar-refractivity contribution < 1.29 is 13.2 Å². The van der Waals surface area contributed by atoms with E-state index in [1.54, 1.807) is 28.9 Å². The maximum Gasteiger partial charge on any atom is 0.228 e. The normalized spacial score (nSPS) is 14.4. The monoisotopic (exact) mass is 417 g/mol. The maximum atomic E-state index is 12.5. The predicted molar refractivity (Wildman–Crippen MR) is 109 cm³/mol. The molecule has 0 saturated heterocycles. The van der Waals surface area contributed by atoms with Gasteiger partial charge in [-0.3, -0.25) is 9.48 Å². The third-order valence-electron chi connectivity index (χ3n) is 4.76. The third-order valence-corrected chi connectivity index (χ3v) is 6.23. The van der Waals surface area contributed by atoms with Gasteiger partial charge in [0.15, 0.2) is 9.84 Å². The summed E-state index contributed by atoms with van der Waals surface area (Å²) in [5.74, 6) is 0.350. The third kappa shape index (κ3) is 4.20. The fourth-order valence-corrected chi connectivity index (χ4v) is 4.24. The highest BCUT2D eigenvalue weighted by Crippen LogP contribution is 2.32. The van der Waals surface area contributed by atoms with E-state index in [0.29, 0.717) is 33.1 Å². The van der Waals surface area contributed by atoms with E-state index in [1.165, 1.54) is 18.9 Å². The lowest BCUT2D eigenvalue weighted by Crippen LogP contribution is -2.15. The van der Waals surface area contributed by atoms with Crippen LogP contribution in [0.2, 0.25) is 5.02 Å². The standard InChI is InChI=1S/C20H20ClN3O3S/c1-28(26,27)18-10-16(22-19(25)9-14-4-2-3-5-17(14)21)8-15-12-24(23-20(15)18)11-13-6-7-13/h2-5,8,10,12-13H,6-7,9,11H2,1H3,(H,22,25). The maximum absolute atomic E-state index is 12.5. The number of benzene rings is 2. The first-order chi connectivity index (χ1) is 13.3. The van der Waals surface area contributed by atoms with E-state index in [1.807, 2.05) is 12.3 Å². The average molecular weight is 418 g/mol. The molecule has 8 heteroatoms. The van der Waals surface area contributed by atoms with Gasteiger partial charge in [-0.1, -0.05) is 29.8 Å². The molecular weight excluding hydrogens is 398 g/mol. The van der Waals surface area contributed by atoms with Crippen molar-refractivity contribution in [3.63, 3.8) is 0 Å². The number of sulfone groups is 1. The van der Waals surface area contributed by atoms with Crippen LogP contribution in [0, 0.1) is 5.92 Å². The minimum atomic E-state index is -3.50. The molecule has 1 saturated carbocycles. The molecule has 0 radical (unpaired) electrons. The van der Waals surface area contributed by atoms with E-state index in [4.69, 9.17) is 11.6 Å². The molecule has 146 valence electrons. The number of carbonyl (C=O) groups is 1. The summed E-state index contributed by atoms with van der Waals surface area (Å²) >= 11 is 6.11. The van der Waals surface area contributed by atoms with Crippen LogP contribution in [0.15, 0.2) is 47.5 Å². The second kappa shape index (κ2) is 7.22. The summed E-state index contributed by atoms with van der Waals surface area (Å²) in [5.41, 5.74) is 1.58. The smallest absolute Gasteiger partial charge is 0.228 e. The summed E-state index contributed by atoms with van der Waals surface area (Å²) in [7, 11) is -3.50. The fourth-order valence-electron chi connectivity index (χ4n) is 3.19. The van der Waals surface area contributed by atoms with Crippen molar-refractivity contribution in [3.8, 4) is 0 Å². The van der Waals surface area contributed by atoms with E-state index in [-0.39, 0.29) is 17.2 Å². The molecule has 1 N–H and O–H groups in total. The molecule has 0 unspecified atom stereocenters. The van der Waals surface area contributed by atoms with Gasteiger partial charge < -0.3 is 5.32 Å². The lowest BCUT2D eigenvalue weighted by atomic mass is 10.1. The van der Waals surface area contributed by atoms with Gasteiger partial charge in [0, 0.05) is 35.1 Å². The molecule has 1 fully saturated rings. The lowest BCUT2D eigenvalue weighted by Gasteiger charge is -2.09. The van der Waals surface area contributed by atoms with Gasteiger partial charge in [-0.2, -0.15) is 5.10 Å². The largest absolute Gasteiger partial charge is 0.326 e. The quantitative estimate of drug-likeness (QED) is 0.663. The van der Waals surface area contributed by atoms with Crippen LogP contribution in [0.1, 0.15) is 18.4 Å². The Labute approximate surface area is 168 Å². The molecule has 28 heavy (non-hydrogen) atoms. The van der Waals surface area contributed by atoms with Crippen molar-refractivity contribution in [2.75, 3.05) is 11.6 Å². The molecule has 2 aromatic carbocycles. The van der Waals surface area contributed by atoms with Gasteiger partial charge >= 0.3 is 0 Å². The SMILES string of the molecule is CS(=O)(=O)c1cc(NC(=O)Cc2ccccc2Cl)cc2cn(CC3CC3)nc12. The summed E-state index contributed by atoms with van der Waals surface area (Å²) in [4.78, 5) is 12.6. The van der Waals surface area contributed by atoms with Gasteiger partial charge in [0.2, 0.25) is 5.91 Å². The molecule has 4 rings (SSSR count). The summed E-state index contributed by atoms with van der Waals surface area (Å²) in [6.45, 7) is 0.784. The molecule has 1 amide bonds. The summed E-state index contributed by atoms with van der Waals surface area (Å²) in [6, 6.07) is 10.4. The molecule has 0 aliphatic heterocycles. The molecule has 0 bridgehead atoms. The number of hydrogen-bond acceptors (Lipinski definition) is 4. The number of nitrogens with zero attached hydrogens (tertiary/aromatic N) is 2. The molecule has 3 aromatic rings. The van der Waals surface area contributed by atoms with E-state index >= 15 is 0 Å². The van der Waals surface area contributed by atoms with E-state index in [9.17, 15) is 13.2 Å². The Hall–Kier alpha value is -2.38. The van der Waals surface area contributed by atoms with Crippen LogP contribution in [-0.2, 0) is 27.6 Å². The molecule has 1 aliphatic carbocycles. The van der Waals surface area contributed by atoms with E-state index < -0.39 is 9.84 Å². The number of aromatic nitrogens is 2. The van der Waals surface area contributed by atoms with Crippen LogP contribution in [-0.4, -0.2) is 30.4 Å². The van der Waals surface area contributed by atoms with Crippen LogP contribution in [0.5, 0.6) is 0 Å². The Morgan fingerprint density at radius 3 is 2.71 bits per heavy atom. The molecule has 6 nitrogen and oxygen atoms in total. The highest BCUT2D eigenvalue weighted by atomic mass is 35.5. The first-order valence-corrected chi connectivity index (χ1v) is 11.3. The highest BCUT2D eigenvalue weighted by Gasteiger charge is 2.23. The zero-order chi connectivity index (χ0) is 19.9. The van der Waals surface area contributed by atoms with Crippen molar-refractivity contribution in [2.45, 2.75) is 30.7 Å². The Bertz CT molecular complexity index is 1170. The van der Waals surface area contributed by atoms with Crippen molar-refractivity contribution in [1.29, 1.82) is 0 Å². The van der Waals surface area contributed by atoms with Crippen LogP contribution in [0.4, 0.5) is 5.69 Å². The number of rotatable bonds is 6. The molecule has 1 heterocycles. The van der Waals surface area contributed by atoms with Gasteiger partial charge in [0.1, 0.15) is 5.52 Å². The number of fused-ring (bicyclic) bond motifs is 1. The van der Waals surface area contributed by atoms with Gasteiger partial charge in [0.05, 0.1) is 11.3 Å². The minimum absolute atomic E-state index is 0.104. The van der Waals surface area contributed by atoms with Gasteiger partial charge in [-0.25, -0.2) is 8.42 Å². The number of hydrogen-bond donors (Lipinski definition) is 1. The van der Waals surface area contributed by atoms with Gasteiger partial charge in [-0.05, 0) is 42.5 Å². The van der Waals surface area contributed by atoms with Crippen LogP contribution in [0.25, 0.3) is 10.9 Å². The Kier molecular flexibility index (Phi) is 4.89. The highest BCUT2D eigenvalue weighted by molar-refractivity contribution is 7.91. The number of carbonyl (C=O) groups excluding carboxylic acids is 1. The number of amides is 1. The second-order valence-corrected chi connectivity index (χ2v) is 9.69. The molecular formula is C20H20ClN3O3S. The molecule has 1 aliphatic rings.